The number of hydrogen-bond donors (Lipinski definition) is 3. The normalized spacial score (nSPS) is 10.4. The Bertz CT molecular complexity index is 684. The maximum Gasteiger partial charge on any atom is 0.421 e. The van der Waals surface area contributed by atoms with Gasteiger partial charge in [0.25, 0.3) is 0 Å². The number of rotatable bonds is 8. The van der Waals surface area contributed by atoms with E-state index in [0.717, 1.165) is 31.4 Å². The summed E-state index contributed by atoms with van der Waals surface area (Å²) in [4.78, 5) is 27.5. The zero-order valence-corrected chi connectivity index (χ0v) is 15.0. The van der Waals surface area contributed by atoms with Gasteiger partial charge in [-0.25, -0.2) is 15.6 Å². The summed E-state index contributed by atoms with van der Waals surface area (Å²) in [5.74, 6) is 4.82. The molecule has 0 aliphatic rings. The molecule has 2 amide bonds. The smallest absolute Gasteiger partial charge is 0.421 e. The summed E-state index contributed by atoms with van der Waals surface area (Å²) < 4.78 is 4.85. The molecule has 4 N–H and O–H groups in total. The molecule has 7 nitrogen and oxygen atoms in total. The summed E-state index contributed by atoms with van der Waals surface area (Å²) in [6, 6.07) is 2.18. The third-order valence-electron chi connectivity index (χ3n) is 3.13. The molecule has 0 aliphatic heterocycles. The van der Waals surface area contributed by atoms with Crippen molar-refractivity contribution in [2.24, 2.45) is 5.84 Å². The highest BCUT2D eigenvalue weighted by atomic mass is 32.1. The number of aryl methyl sites for hydroxylation is 3. The van der Waals surface area contributed by atoms with Gasteiger partial charge >= 0.3 is 6.09 Å². The second kappa shape index (κ2) is 9.36. The molecule has 0 fully saturated rings. The lowest BCUT2D eigenvalue weighted by Crippen LogP contribution is -2.30. The number of thiazole rings is 1. The zero-order chi connectivity index (χ0) is 17.4. The predicted molar refractivity (Wildman–Crippen MR) is 95.1 cm³/mol. The Kier molecular flexibility index (Phi) is 7.16. The number of carbonyl (C=O) groups excluding carboxylic acids is 2. The number of amides is 2. The second-order valence-electron chi connectivity index (χ2n) is 5.13. The van der Waals surface area contributed by atoms with E-state index in [1.807, 2.05) is 10.8 Å². The van der Waals surface area contributed by atoms with Crippen molar-refractivity contribution < 1.29 is 14.3 Å². The molecular formula is C15H20N4O3S2. The largest absolute Gasteiger partial charge is 0.449 e. The maximum absolute atomic E-state index is 11.0. The Morgan fingerprint density at radius 2 is 2.08 bits per heavy atom. The molecule has 0 radical (unpaired) electrons. The number of aromatic nitrogens is 1. The third-order valence-corrected chi connectivity index (χ3v) is 4.98. The minimum atomic E-state index is -0.608. The van der Waals surface area contributed by atoms with Gasteiger partial charge in [0.2, 0.25) is 5.91 Å². The van der Waals surface area contributed by atoms with Crippen LogP contribution in [0.3, 0.4) is 0 Å². The highest BCUT2D eigenvalue weighted by Gasteiger charge is 2.06. The first kappa shape index (κ1) is 18.4. The number of ether oxygens (including phenoxy) is 1. The van der Waals surface area contributed by atoms with Gasteiger partial charge in [-0.1, -0.05) is 0 Å². The molecule has 0 aromatic carbocycles. The molecular weight excluding hydrogens is 348 g/mol. The highest BCUT2D eigenvalue weighted by Crippen LogP contribution is 2.20. The SMILES string of the molecule is CC(=O)Nc1nc(CCc2cc(CCCOC(=O)NN)cs2)cs1. The van der Waals surface area contributed by atoms with Crippen molar-refractivity contribution in [1.82, 2.24) is 10.4 Å². The highest BCUT2D eigenvalue weighted by molar-refractivity contribution is 7.14. The fourth-order valence-electron chi connectivity index (χ4n) is 2.05. The van der Waals surface area contributed by atoms with E-state index in [1.54, 1.807) is 11.3 Å². The van der Waals surface area contributed by atoms with Gasteiger partial charge in [0.05, 0.1) is 12.3 Å². The number of anilines is 1. The van der Waals surface area contributed by atoms with E-state index in [1.165, 1.54) is 28.7 Å². The van der Waals surface area contributed by atoms with Gasteiger partial charge in [0.15, 0.2) is 5.13 Å². The van der Waals surface area contributed by atoms with Crippen molar-refractivity contribution in [3.63, 3.8) is 0 Å². The van der Waals surface area contributed by atoms with E-state index in [9.17, 15) is 9.59 Å². The van der Waals surface area contributed by atoms with Crippen molar-refractivity contribution in [3.8, 4) is 0 Å². The van der Waals surface area contributed by atoms with Crippen molar-refractivity contribution in [2.75, 3.05) is 11.9 Å². The van der Waals surface area contributed by atoms with Crippen LogP contribution in [-0.2, 0) is 28.8 Å². The van der Waals surface area contributed by atoms with Gasteiger partial charge in [-0.2, -0.15) is 0 Å². The molecule has 2 rings (SSSR count). The van der Waals surface area contributed by atoms with E-state index >= 15 is 0 Å². The minimum Gasteiger partial charge on any atom is -0.449 e. The van der Waals surface area contributed by atoms with Crippen LogP contribution in [0.15, 0.2) is 16.8 Å². The Morgan fingerprint density at radius 1 is 1.25 bits per heavy atom. The van der Waals surface area contributed by atoms with Gasteiger partial charge < -0.3 is 10.1 Å². The van der Waals surface area contributed by atoms with Crippen molar-refractivity contribution >= 4 is 39.8 Å². The fraction of sp³-hybridized carbons (Fsp3) is 0.400. The lowest BCUT2D eigenvalue weighted by atomic mass is 10.1. The molecule has 0 unspecified atom stereocenters. The molecule has 0 aliphatic carbocycles. The van der Waals surface area contributed by atoms with E-state index in [0.29, 0.717) is 11.7 Å². The summed E-state index contributed by atoms with van der Waals surface area (Å²) in [6.45, 7) is 1.82. The quantitative estimate of drug-likeness (QED) is 0.287. The molecule has 0 saturated carbocycles. The Hall–Kier alpha value is -1.97. The number of nitrogens with two attached hydrogens (primary N) is 1. The molecule has 130 valence electrons. The monoisotopic (exact) mass is 368 g/mol. The van der Waals surface area contributed by atoms with Crippen LogP contribution < -0.4 is 16.6 Å². The van der Waals surface area contributed by atoms with Crippen LogP contribution in [0.4, 0.5) is 9.93 Å². The molecule has 2 aromatic rings. The van der Waals surface area contributed by atoms with E-state index < -0.39 is 6.09 Å². The summed E-state index contributed by atoms with van der Waals surface area (Å²) in [7, 11) is 0. The number of hydrogen-bond acceptors (Lipinski definition) is 7. The summed E-state index contributed by atoms with van der Waals surface area (Å²) in [6.07, 6.45) is 2.77. The molecule has 0 saturated heterocycles. The van der Waals surface area contributed by atoms with Crippen LogP contribution in [0.25, 0.3) is 0 Å². The van der Waals surface area contributed by atoms with Gasteiger partial charge in [-0.05, 0) is 42.7 Å². The van der Waals surface area contributed by atoms with Crippen LogP contribution in [0, 0.1) is 0 Å². The van der Waals surface area contributed by atoms with Crippen LogP contribution in [-0.4, -0.2) is 23.6 Å². The lowest BCUT2D eigenvalue weighted by molar-refractivity contribution is -0.114. The molecule has 24 heavy (non-hydrogen) atoms. The lowest BCUT2D eigenvalue weighted by Gasteiger charge is -2.02. The van der Waals surface area contributed by atoms with Crippen molar-refractivity contribution in [3.05, 3.63) is 33.0 Å². The van der Waals surface area contributed by atoms with E-state index in [-0.39, 0.29) is 5.91 Å². The van der Waals surface area contributed by atoms with Gasteiger partial charge in [0, 0.05) is 17.2 Å². The third kappa shape index (κ3) is 6.26. The molecule has 2 aromatic heterocycles. The van der Waals surface area contributed by atoms with Gasteiger partial charge in [-0.15, -0.1) is 22.7 Å². The molecule has 9 heteroatoms. The topological polar surface area (TPSA) is 106 Å². The molecule has 0 spiro atoms. The average molecular weight is 368 g/mol. The van der Waals surface area contributed by atoms with Crippen LogP contribution >= 0.6 is 22.7 Å². The van der Waals surface area contributed by atoms with Crippen molar-refractivity contribution in [1.29, 1.82) is 0 Å². The Labute approximate surface area is 148 Å². The summed E-state index contributed by atoms with van der Waals surface area (Å²) in [5, 5.41) is 7.43. The maximum atomic E-state index is 11.0. The van der Waals surface area contributed by atoms with Crippen LogP contribution in [0.2, 0.25) is 0 Å². The first-order valence-corrected chi connectivity index (χ1v) is 9.24. The molecule has 2 heterocycles. The summed E-state index contributed by atoms with van der Waals surface area (Å²) >= 11 is 3.16. The predicted octanol–water partition coefficient (Wildman–Crippen LogP) is 2.48. The second-order valence-corrected chi connectivity index (χ2v) is 6.98. The van der Waals surface area contributed by atoms with Gasteiger partial charge in [0.1, 0.15) is 0 Å². The number of thiophene rings is 1. The van der Waals surface area contributed by atoms with Crippen LogP contribution in [0.5, 0.6) is 0 Å². The standard InChI is InChI=1S/C15H20N4O3S2/c1-10(20)17-14-18-12(9-24-14)4-5-13-7-11(8-23-13)3-2-6-22-15(21)19-16/h7-9H,2-6,16H2,1H3,(H,19,21)(H,17,18,20). The average Bonchev–Trinajstić information content (AvgIpc) is 3.18. The first-order valence-electron chi connectivity index (χ1n) is 7.48. The summed E-state index contributed by atoms with van der Waals surface area (Å²) in [5.41, 5.74) is 4.15. The number of nitrogens with one attached hydrogen (secondary N) is 2. The van der Waals surface area contributed by atoms with E-state index in [2.05, 4.69) is 21.7 Å². The van der Waals surface area contributed by atoms with Crippen molar-refractivity contribution in [2.45, 2.75) is 32.6 Å². The van der Waals surface area contributed by atoms with E-state index in [4.69, 9.17) is 10.6 Å². The Balaban J connectivity index is 1.72. The van der Waals surface area contributed by atoms with Crippen LogP contribution in [0.1, 0.15) is 29.5 Å². The first-order chi connectivity index (χ1) is 11.6. The molecule has 0 bridgehead atoms. The Morgan fingerprint density at radius 3 is 2.83 bits per heavy atom. The zero-order valence-electron chi connectivity index (χ0n) is 13.3. The number of nitrogens with zero attached hydrogens (tertiary/aromatic N) is 1. The molecule has 0 atom stereocenters. The number of hydrazine groups is 1. The minimum absolute atomic E-state index is 0.105. The van der Waals surface area contributed by atoms with Gasteiger partial charge in [-0.3, -0.25) is 10.2 Å². The number of carbonyl (C=O) groups is 2. The fourth-order valence-corrected chi connectivity index (χ4v) is 3.77.